The summed E-state index contributed by atoms with van der Waals surface area (Å²) in [5, 5.41) is 12.6. The van der Waals surface area contributed by atoms with Crippen LogP contribution in [-0.4, -0.2) is 17.7 Å². The van der Waals surface area contributed by atoms with Gasteiger partial charge in [0, 0.05) is 6.04 Å². The average Bonchev–Trinajstić information content (AvgIpc) is 2.53. The monoisotopic (exact) mass is 337 g/mol. The third-order valence-electron chi connectivity index (χ3n) is 3.89. The molecule has 0 aromatic heterocycles. The number of phenolic OH excluding ortho intramolecular Hbond substituents is 1. The minimum absolute atomic E-state index is 0.196. The molecule has 0 aliphatic carbocycles. The number of nitrogens with one attached hydrogen (secondary N) is 1. The first-order valence-corrected chi connectivity index (χ1v) is 8.02. The van der Waals surface area contributed by atoms with Gasteiger partial charge >= 0.3 is 6.18 Å². The van der Waals surface area contributed by atoms with Crippen molar-refractivity contribution in [1.82, 2.24) is 5.32 Å². The summed E-state index contributed by atoms with van der Waals surface area (Å²) in [5.41, 5.74) is 1.45. The number of hydrogen-bond donors (Lipinski definition) is 2. The molecule has 0 saturated heterocycles. The normalized spacial score (nSPS) is 13.0. The van der Waals surface area contributed by atoms with Crippen LogP contribution in [0.25, 0.3) is 0 Å². The van der Waals surface area contributed by atoms with Gasteiger partial charge in [0.2, 0.25) is 0 Å². The zero-order chi connectivity index (χ0) is 17.6. The number of rotatable bonds is 7. The van der Waals surface area contributed by atoms with E-state index in [1.807, 2.05) is 19.1 Å². The highest BCUT2D eigenvalue weighted by molar-refractivity contribution is 5.26. The summed E-state index contributed by atoms with van der Waals surface area (Å²) in [7, 11) is 0. The maximum atomic E-state index is 12.5. The van der Waals surface area contributed by atoms with Crippen molar-refractivity contribution in [2.45, 2.75) is 38.4 Å². The van der Waals surface area contributed by atoms with Gasteiger partial charge in [-0.1, -0.05) is 24.3 Å². The van der Waals surface area contributed by atoms with Crippen molar-refractivity contribution in [1.29, 1.82) is 0 Å². The molecule has 2 rings (SSSR count). The van der Waals surface area contributed by atoms with Crippen molar-refractivity contribution in [2.75, 3.05) is 6.54 Å². The third-order valence-corrected chi connectivity index (χ3v) is 3.89. The number of aryl methyl sites for hydroxylation is 1. The molecule has 0 radical (unpaired) electrons. The van der Waals surface area contributed by atoms with Crippen LogP contribution < -0.4 is 5.32 Å². The lowest BCUT2D eigenvalue weighted by Crippen LogP contribution is -2.29. The average molecular weight is 337 g/mol. The molecule has 2 aromatic rings. The van der Waals surface area contributed by atoms with E-state index in [0.717, 1.165) is 37.1 Å². The van der Waals surface area contributed by atoms with Gasteiger partial charge in [0.1, 0.15) is 5.75 Å². The van der Waals surface area contributed by atoms with Gasteiger partial charge in [0.15, 0.2) is 0 Å². The van der Waals surface area contributed by atoms with E-state index in [1.165, 1.54) is 17.7 Å². The molecule has 1 atom stereocenters. The summed E-state index contributed by atoms with van der Waals surface area (Å²) in [6, 6.07) is 12.7. The molecule has 130 valence electrons. The van der Waals surface area contributed by atoms with Gasteiger partial charge in [-0.05, 0) is 68.1 Å². The van der Waals surface area contributed by atoms with E-state index >= 15 is 0 Å². The van der Waals surface area contributed by atoms with Crippen molar-refractivity contribution < 1.29 is 18.3 Å². The van der Waals surface area contributed by atoms with Gasteiger partial charge in [-0.3, -0.25) is 0 Å². The van der Waals surface area contributed by atoms with Crippen LogP contribution in [0.4, 0.5) is 13.2 Å². The highest BCUT2D eigenvalue weighted by Crippen LogP contribution is 2.29. The molecule has 5 heteroatoms. The fourth-order valence-electron chi connectivity index (χ4n) is 2.56. The molecule has 0 aliphatic heterocycles. The van der Waals surface area contributed by atoms with Crippen LogP contribution >= 0.6 is 0 Å². The Kier molecular flexibility index (Phi) is 6.26. The second kappa shape index (κ2) is 8.20. The van der Waals surface area contributed by atoms with Crippen LogP contribution in [0.3, 0.4) is 0 Å². The SMILES string of the molecule is CC(Cc1ccc(C(F)(F)F)cc1)NCCCc1ccc(O)cc1. The van der Waals surface area contributed by atoms with Gasteiger partial charge in [0.05, 0.1) is 5.56 Å². The zero-order valence-corrected chi connectivity index (χ0v) is 13.6. The fraction of sp³-hybridized carbons (Fsp3) is 0.368. The fourth-order valence-corrected chi connectivity index (χ4v) is 2.56. The Balaban J connectivity index is 1.71. The Bertz CT molecular complexity index is 621. The molecule has 1 unspecified atom stereocenters. The highest BCUT2D eigenvalue weighted by atomic mass is 19.4. The molecule has 0 amide bonds. The lowest BCUT2D eigenvalue weighted by molar-refractivity contribution is -0.137. The number of aromatic hydroxyl groups is 1. The van der Waals surface area contributed by atoms with E-state index < -0.39 is 11.7 Å². The van der Waals surface area contributed by atoms with E-state index in [-0.39, 0.29) is 11.8 Å². The van der Waals surface area contributed by atoms with E-state index in [4.69, 9.17) is 0 Å². The van der Waals surface area contributed by atoms with Crippen LogP contribution in [0.2, 0.25) is 0 Å². The summed E-state index contributed by atoms with van der Waals surface area (Å²) >= 11 is 0. The number of hydrogen-bond acceptors (Lipinski definition) is 2. The van der Waals surface area contributed by atoms with Gasteiger partial charge in [-0.2, -0.15) is 13.2 Å². The Morgan fingerprint density at radius 1 is 0.958 bits per heavy atom. The molecule has 2 nitrogen and oxygen atoms in total. The molecular formula is C19H22F3NO. The number of benzene rings is 2. The van der Waals surface area contributed by atoms with E-state index in [1.54, 1.807) is 12.1 Å². The Hall–Kier alpha value is -2.01. The summed E-state index contributed by atoms with van der Waals surface area (Å²) in [5.74, 6) is 0.266. The Morgan fingerprint density at radius 3 is 2.12 bits per heavy atom. The van der Waals surface area contributed by atoms with Crippen molar-refractivity contribution in [2.24, 2.45) is 0 Å². The van der Waals surface area contributed by atoms with Crippen LogP contribution in [0.1, 0.15) is 30.0 Å². The van der Waals surface area contributed by atoms with Gasteiger partial charge in [-0.25, -0.2) is 0 Å². The molecule has 0 heterocycles. The summed E-state index contributed by atoms with van der Waals surface area (Å²) in [6.45, 7) is 2.86. The van der Waals surface area contributed by atoms with Gasteiger partial charge in [0.25, 0.3) is 0 Å². The smallest absolute Gasteiger partial charge is 0.416 e. The van der Waals surface area contributed by atoms with Crippen LogP contribution in [0.5, 0.6) is 5.75 Å². The third kappa shape index (κ3) is 5.89. The second-order valence-corrected chi connectivity index (χ2v) is 6.02. The summed E-state index contributed by atoms with van der Waals surface area (Å²) < 4.78 is 37.6. The largest absolute Gasteiger partial charge is 0.508 e. The molecule has 0 saturated carbocycles. The molecule has 0 aliphatic rings. The molecule has 0 fully saturated rings. The standard InChI is InChI=1S/C19H22F3NO/c1-14(13-16-4-8-17(9-5-16)19(20,21)22)23-12-2-3-15-6-10-18(24)11-7-15/h4-11,14,23-24H,2-3,12-13H2,1H3. The van der Waals surface area contributed by atoms with Crippen LogP contribution in [-0.2, 0) is 19.0 Å². The first-order valence-electron chi connectivity index (χ1n) is 8.02. The minimum atomic E-state index is -4.28. The second-order valence-electron chi connectivity index (χ2n) is 6.02. The maximum Gasteiger partial charge on any atom is 0.416 e. The Labute approximate surface area is 140 Å². The predicted octanol–water partition coefficient (Wildman–Crippen LogP) is 4.56. The summed E-state index contributed by atoms with van der Waals surface area (Å²) in [4.78, 5) is 0. The lowest BCUT2D eigenvalue weighted by Gasteiger charge is -2.14. The van der Waals surface area contributed by atoms with Crippen molar-refractivity contribution in [3.63, 3.8) is 0 Å². The number of alkyl halides is 3. The maximum absolute atomic E-state index is 12.5. The van der Waals surface area contributed by atoms with E-state index in [0.29, 0.717) is 6.42 Å². The quantitative estimate of drug-likeness (QED) is 0.726. The first-order chi connectivity index (χ1) is 11.3. The van der Waals surface area contributed by atoms with Crippen molar-refractivity contribution in [3.8, 4) is 5.75 Å². The Morgan fingerprint density at radius 2 is 1.54 bits per heavy atom. The predicted molar refractivity (Wildman–Crippen MR) is 89.0 cm³/mol. The summed E-state index contributed by atoms with van der Waals surface area (Å²) in [6.07, 6.45) is -1.71. The van der Waals surface area contributed by atoms with Crippen LogP contribution in [0, 0.1) is 0 Å². The van der Waals surface area contributed by atoms with E-state index in [9.17, 15) is 18.3 Å². The van der Waals surface area contributed by atoms with Gasteiger partial charge < -0.3 is 10.4 Å². The topological polar surface area (TPSA) is 32.3 Å². The van der Waals surface area contributed by atoms with Crippen molar-refractivity contribution >= 4 is 0 Å². The number of halogens is 3. The van der Waals surface area contributed by atoms with Crippen LogP contribution in [0.15, 0.2) is 48.5 Å². The van der Waals surface area contributed by atoms with Gasteiger partial charge in [-0.15, -0.1) is 0 Å². The number of phenols is 1. The zero-order valence-electron chi connectivity index (χ0n) is 13.6. The first kappa shape index (κ1) is 18.3. The minimum Gasteiger partial charge on any atom is -0.508 e. The van der Waals surface area contributed by atoms with Crippen molar-refractivity contribution in [3.05, 3.63) is 65.2 Å². The molecule has 2 aromatic carbocycles. The molecule has 0 spiro atoms. The molecular weight excluding hydrogens is 315 g/mol. The molecule has 0 bridgehead atoms. The molecule has 2 N–H and O–H groups in total. The highest BCUT2D eigenvalue weighted by Gasteiger charge is 2.29. The lowest BCUT2D eigenvalue weighted by atomic mass is 10.0. The molecule has 24 heavy (non-hydrogen) atoms. The van der Waals surface area contributed by atoms with E-state index in [2.05, 4.69) is 5.32 Å².